The van der Waals surface area contributed by atoms with E-state index in [2.05, 4.69) is 17.1 Å². The van der Waals surface area contributed by atoms with Crippen molar-refractivity contribution in [1.29, 1.82) is 0 Å². The van der Waals surface area contributed by atoms with Gasteiger partial charge < -0.3 is 14.8 Å². The number of rotatable bonds is 8. The number of fused-ring (bicyclic) bond motifs is 3. The zero-order valence-electron chi connectivity index (χ0n) is 43.3. The van der Waals surface area contributed by atoms with E-state index < -0.39 is 37.3 Å². The second-order valence-electron chi connectivity index (χ2n) is 15.8. The molecule has 0 fully saturated rings. The van der Waals surface area contributed by atoms with Crippen molar-refractivity contribution in [3.8, 4) is 22.4 Å². The van der Waals surface area contributed by atoms with Crippen LogP contribution < -0.4 is 0 Å². The topological polar surface area (TPSA) is 48.3 Å². The molecule has 0 radical (unpaired) electrons. The van der Waals surface area contributed by atoms with Crippen LogP contribution >= 0.6 is 0 Å². The molecule has 7 aromatic rings. The van der Waals surface area contributed by atoms with Crippen molar-refractivity contribution < 1.29 is 38.2 Å². The summed E-state index contributed by atoms with van der Waals surface area (Å²) in [5, 5.41) is 11.6. The normalized spacial score (nSPS) is 15.8. The number of pyridine rings is 1. The average Bonchev–Trinajstić information content (AvgIpc) is 3.64. The van der Waals surface area contributed by atoms with E-state index in [0.717, 1.165) is 50.4 Å². The largest absolute Gasteiger partial charge is 3.00 e. The summed E-state index contributed by atoms with van der Waals surface area (Å²) in [6.07, 6.45) is 2.90. The molecular weight excluding hydrogens is 873 g/mol. The van der Waals surface area contributed by atoms with E-state index in [1.165, 1.54) is 18.3 Å². The van der Waals surface area contributed by atoms with Gasteiger partial charge in [0.1, 0.15) is 5.58 Å². The minimum atomic E-state index is -2.37. The summed E-state index contributed by atoms with van der Waals surface area (Å²) < 4.78 is 86.4. The Morgan fingerprint density at radius 1 is 0.825 bits per heavy atom. The third-order valence-corrected chi connectivity index (χ3v) is 8.80. The van der Waals surface area contributed by atoms with E-state index in [1.54, 1.807) is 42.5 Å². The zero-order valence-corrected chi connectivity index (χ0v) is 35.7. The summed E-state index contributed by atoms with van der Waals surface area (Å²) in [6, 6.07) is 38.5. The second-order valence-corrected chi connectivity index (χ2v) is 15.8. The van der Waals surface area contributed by atoms with E-state index >= 15 is 0 Å². The van der Waals surface area contributed by atoms with Crippen LogP contribution in [0.5, 0.6) is 0 Å². The van der Waals surface area contributed by atoms with E-state index in [-0.39, 0.29) is 31.2 Å². The number of para-hydroxylation sites is 1. The van der Waals surface area contributed by atoms with Crippen LogP contribution in [0.2, 0.25) is 0 Å². The van der Waals surface area contributed by atoms with Gasteiger partial charge in [0.05, 0.1) is 0 Å². The molecule has 0 spiro atoms. The van der Waals surface area contributed by atoms with Gasteiger partial charge in [0.15, 0.2) is 0 Å². The summed E-state index contributed by atoms with van der Waals surface area (Å²) in [7, 11) is 0. The summed E-state index contributed by atoms with van der Waals surface area (Å²) in [5.41, 5.74) is 7.47. The minimum absolute atomic E-state index is 0. The molecule has 3 nitrogen and oxygen atoms in total. The number of aromatic nitrogens is 1. The summed E-state index contributed by atoms with van der Waals surface area (Å²) in [6.45, 7) is 8.55. The number of nitrogens with zero attached hydrogens (tertiary/aromatic N) is 2. The minimum Gasteiger partial charge on any atom is -0.811 e. The van der Waals surface area contributed by atoms with Crippen molar-refractivity contribution in [3.05, 3.63) is 178 Å². The van der Waals surface area contributed by atoms with Gasteiger partial charge >= 0.3 is 20.1 Å². The van der Waals surface area contributed by atoms with Crippen LogP contribution in [0.25, 0.3) is 60.9 Å². The van der Waals surface area contributed by atoms with Crippen LogP contribution in [0, 0.1) is 36.7 Å². The Labute approximate surface area is 367 Å². The van der Waals surface area contributed by atoms with Crippen LogP contribution in [-0.4, -0.2) is 11.2 Å². The molecule has 2 aromatic heterocycles. The van der Waals surface area contributed by atoms with Gasteiger partial charge in [-0.3, -0.25) is 0 Å². The van der Waals surface area contributed by atoms with Gasteiger partial charge in [-0.25, -0.2) is 0 Å². The maximum Gasteiger partial charge on any atom is 3.00 e. The second kappa shape index (κ2) is 18.4. The summed E-state index contributed by atoms with van der Waals surface area (Å²) >= 11 is 0. The molecule has 0 atom stereocenters. The molecule has 5 aromatic carbocycles. The first-order valence-electron chi connectivity index (χ1n) is 23.6. The molecule has 290 valence electrons. The van der Waals surface area contributed by atoms with Crippen LogP contribution in [0.15, 0.2) is 132 Å². The van der Waals surface area contributed by atoms with Gasteiger partial charge in [-0.15, -0.1) is 58.7 Å². The maximum atomic E-state index is 9.52. The van der Waals surface area contributed by atoms with E-state index in [4.69, 9.17) is 18.1 Å². The Balaban J connectivity index is 0.000000247. The molecule has 0 aliphatic heterocycles. The molecule has 57 heavy (non-hydrogen) atoms. The van der Waals surface area contributed by atoms with Gasteiger partial charge in [-0.05, 0) is 75.6 Å². The van der Waals surface area contributed by atoms with Gasteiger partial charge in [-0.1, -0.05) is 157 Å². The first kappa shape index (κ1) is 30.9. The number of aryl methyl sites for hydroxylation is 2. The first-order valence-corrected chi connectivity index (χ1v) is 18.6. The monoisotopic (exact) mass is 936 g/mol. The molecule has 0 N–H and O–H groups in total. The molecule has 4 heteroatoms. The first-order chi connectivity index (χ1) is 30.6. The van der Waals surface area contributed by atoms with Crippen LogP contribution in [0.3, 0.4) is 0 Å². The smallest absolute Gasteiger partial charge is 0.811 e. The fourth-order valence-electron chi connectivity index (χ4n) is 6.37. The van der Waals surface area contributed by atoms with Crippen molar-refractivity contribution in [3.63, 3.8) is 0 Å². The Bertz CT molecular complexity index is 2910. The molecule has 0 amide bonds. The van der Waals surface area contributed by atoms with E-state index in [1.807, 2.05) is 115 Å². The molecule has 0 unspecified atom stereocenters. The Kier molecular flexibility index (Phi) is 9.99. The molecule has 0 bridgehead atoms. The van der Waals surface area contributed by atoms with Gasteiger partial charge in [0.2, 0.25) is 0 Å². The van der Waals surface area contributed by atoms with E-state index in [0.29, 0.717) is 33.5 Å². The molecule has 0 saturated carbocycles. The maximum absolute atomic E-state index is 9.52. The number of furan rings is 1. The van der Waals surface area contributed by atoms with Crippen LogP contribution in [-0.2, 0) is 32.9 Å². The van der Waals surface area contributed by atoms with Gasteiger partial charge in [0, 0.05) is 30.9 Å². The third kappa shape index (κ3) is 11.3. The average molecular weight is 936 g/mol. The quantitative estimate of drug-likeness (QED) is 0.0866. The fraction of sp³-hybridized carbons (Fsp3) is 0.245. The molecule has 2 heterocycles. The van der Waals surface area contributed by atoms with Crippen molar-refractivity contribution in [1.82, 2.24) is 4.98 Å². The van der Waals surface area contributed by atoms with Crippen molar-refractivity contribution in [2.24, 2.45) is 10.8 Å². The van der Waals surface area contributed by atoms with Crippen molar-refractivity contribution >= 4 is 39.3 Å². The summed E-state index contributed by atoms with van der Waals surface area (Å²) in [4.78, 5) is 4.23. The predicted octanol–water partition coefficient (Wildman–Crippen LogP) is 14.5. The summed E-state index contributed by atoms with van der Waals surface area (Å²) in [5.74, 6) is 0. The van der Waals surface area contributed by atoms with Crippen LogP contribution in [0.4, 0.5) is 0 Å². The standard InChI is InChI=1S/C29H27NO.C24H26N.Ir/c1-20(24-9-7-10-26-25-8-5-6-11-27(25)31-28(24)26)18-23(16-17-30)22-14-12-21(13-15-22)19-29(2,3)4;1-17-6-13-23(25-16-17)21-10-7-18(2)22(14-21)20-11-8-19(9-12-20)15-24(3,4)5;/h5-8,10-18H,19H2,1-4H3;6-9,11-14,16H,15H2,1-5H3;/q-2;-1;+3/b20-18+,23-16+;;/i19D2;1D3,2D3,15D2;. The molecule has 0 saturated heterocycles. The third-order valence-electron chi connectivity index (χ3n) is 8.80. The molecule has 0 aliphatic rings. The SMILES string of the molecule is [2H]C([2H])([2H])c1ccc(-c2[c-]cc(C([2H])([2H])[2H])c(-c3ccc(C([2H])([2H])C(C)(C)C)cc3)c2)nc1.[2H]C([2H])(c1ccc(C(=C/C=[N-])/C=C(\C)c2[c-]ccc3c2oc2ccccc23)cc1)C(C)(C)C.[Ir+3]. The Hall–Kier alpha value is -5.15. The molecule has 7 rings (SSSR count). The van der Waals surface area contributed by atoms with Gasteiger partial charge in [0.25, 0.3) is 0 Å². The molecule has 0 aliphatic carbocycles. The fourth-order valence-corrected chi connectivity index (χ4v) is 6.37. The molecular formula is C53H53IrN2O. The van der Waals surface area contributed by atoms with Crippen LogP contribution in [0.1, 0.15) is 95.6 Å². The number of hydrogen-bond donors (Lipinski definition) is 0. The Morgan fingerprint density at radius 3 is 2.12 bits per heavy atom. The van der Waals surface area contributed by atoms with Crippen molar-refractivity contribution in [2.75, 3.05) is 0 Å². The Morgan fingerprint density at radius 2 is 1.51 bits per heavy atom. The van der Waals surface area contributed by atoms with E-state index in [9.17, 15) is 5.41 Å². The zero-order chi connectivity index (χ0) is 48.6. The number of hydrogen-bond acceptors (Lipinski definition) is 2. The number of benzene rings is 5. The number of allylic oxidation sites excluding steroid dienone is 4. The van der Waals surface area contributed by atoms with Gasteiger partial charge in [-0.2, -0.15) is 6.21 Å². The van der Waals surface area contributed by atoms with Crippen molar-refractivity contribution in [2.45, 2.75) is 74.9 Å². The predicted molar refractivity (Wildman–Crippen MR) is 240 cm³/mol.